The smallest absolute Gasteiger partial charge is 0.329 e. The van der Waals surface area contributed by atoms with E-state index in [1.54, 1.807) is 20.8 Å². The summed E-state index contributed by atoms with van der Waals surface area (Å²) >= 11 is 0. The van der Waals surface area contributed by atoms with Crippen LogP contribution in [0.1, 0.15) is 143 Å². The molecule has 0 fully saturated rings. The van der Waals surface area contributed by atoms with Crippen molar-refractivity contribution in [3.63, 3.8) is 0 Å². The maximum Gasteiger partial charge on any atom is 0.329 e. The number of unbranched alkanes of at least 4 members (excludes halogenated alkanes) is 14. The second-order valence-corrected chi connectivity index (χ2v) is 14.3. The molecule has 0 aromatic carbocycles. The van der Waals surface area contributed by atoms with Crippen molar-refractivity contribution in [3.8, 4) is 0 Å². The van der Waals surface area contributed by atoms with Gasteiger partial charge in [-0.3, -0.25) is 14.4 Å². The monoisotopic (exact) mass is 760 g/mol. The number of ether oxygens (including phenoxy) is 5. The highest BCUT2D eigenvalue weighted by atomic mass is 16.6. The topological polar surface area (TPSA) is 188 Å². The third kappa shape index (κ3) is 37.3. The van der Waals surface area contributed by atoms with E-state index in [1.807, 2.05) is 0 Å². The number of carboxylic acid groups (broad SMARTS) is 1. The molecule has 0 saturated carbocycles. The largest absolute Gasteiger partial charge is 0.480 e. The van der Waals surface area contributed by atoms with Crippen molar-refractivity contribution in [1.29, 1.82) is 0 Å². The van der Waals surface area contributed by atoms with Gasteiger partial charge in [-0.25, -0.2) is 9.59 Å². The van der Waals surface area contributed by atoms with Gasteiger partial charge in [-0.05, 0) is 33.6 Å². The fraction of sp³-hybridized carbons (Fsp3) is 0.872. The highest BCUT2D eigenvalue weighted by Gasteiger charge is 2.27. The average Bonchev–Trinajstić information content (AvgIpc) is 3.09. The molecule has 0 aliphatic rings. The lowest BCUT2D eigenvalue weighted by Gasteiger charge is -2.24. The Balaban J connectivity index is 4.03. The SMILES string of the molecule is CCCCCCCCCCCCCCCCCC(=O)N[C@@H](CCC(=O)NCCOCCOCC(=O)NCCOCCOCC(=O)O)C(=O)OC(C)(C)C. The maximum absolute atomic E-state index is 12.8. The Labute approximate surface area is 318 Å². The minimum atomic E-state index is -1.05. The molecular weight excluding hydrogens is 686 g/mol. The van der Waals surface area contributed by atoms with Crippen molar-refractivity contribution in [2.24, 2.45) is 0 Å². The molecule has 0 saturated heterocycles. The first-order chi connectivity index (χ1) is 25.4. The van der Waals surface area contributed by atoms with Crippen molar-refractivity contribution in [1.82, 2.24) is 16.0 Å². The van der Waals surface area contributed by atoms with E-state index in [4.69, 9.17) is 28.8 Å². The molecule has 0 aliphatic heterocycles. The van der Waals surface area contributed by atoms with E-state index in [2.05, 4.69) is 22.9 Å². The Morgan fingerprint density at radius 2 is 1.00 bits per heavy atom. The molecule has 0 unspecified atom stereocenters. The molecule has 0 spiro atoms. The van der Waals surface area contributed by atoms with Gasteiger partial charge in [-0.15, -0.1) is 0 Å². The third-order valence-corrected chi connectivity index (χ3v) is 8.03. The normalized spacial score (nSPS) is 11.9. The fourth-order valence-corrected chi connectivity index (χ4v) is 5.25. The number of carbonyl (C=O) groups is 5. The predicted octanol–water partition coefficient (Wildman–Crippen LogP) is 5.24. The summed E-state index contributed by atoms with van der Waals surface area (Å²) in [6, 6.07) is -0.910. The van der Waals surface area contributed by atoms with Crippen LogP contribution in [0.3, 0.4) is 0 Å². The molecule has 0 aromatic heterocycles. The van der Waals surface area contributed by atoms with Gasteiger partial charge in [0.05, 0.1) is 39.6 Å². The first-order valence-corrected chi connectivity index (χ1v) is 20.0. The Bertz CT molecular complexity index is 959. The molecule has 0 bridgehead atoms. The standard InChI is InChI=1S/C39H73N3O11/c1-5-6-7-8-9-10-11-12-13-14-15-16-17-18-19-20-35(44)42-33(38(48)53-39(2,3)4)21-22-34(43)40-23-25-49-27-29-51-31-36(45)41-24-26-50-28-30-52-32-37(46)47/h33H,5-32H2,1-4H3,(H,40,43)(H,41,45)(H,42,44)(H,46,47)/t33-/m0/s1. The Kier molecular flexibility index (Phi) is 33.1. The second kappa shape index (κ2) is 34.9. The summed E-state index contributed by atoms with van der Waals surface area (Å²) < 4.78 is 26.2. The Hall–Kier alpha value is -2.81. The highest BCUT2D eigenvalue weighted by molar-refractivity contribution is 5.85. The molecule has 0 heterocycles. The van der Waals surface area contributed by atoms with Gasteiger partial charge in [0.2, 0.25) is 17.7 Å². The quantitative estimate of drug-likeness (QED) is 0.0479. The highest BCUT2D eigenvalue weighted by Crippen LogP contribution is 2.15. The molecule has 0 rings (SSSR count). The van der Waals surface area contributed by atoms with Crippen LogP contribution in [0.15, 0.2) is 0 Å². The number of aliphatic carboxylic acids is 1. The molecular formula is C39H73N3O11. The van der Waals surface area contributed by atoms with Gasteiger partial charge in [0.25, 0.3) is 0 Å². The number of carboxylic acids is 1. The minimum Gasteiger partial charge on any atom is -0.480 e. The molecule has 3 amide bonds. The maximum atomic E-state index is 12.8. The van der Waals surface area contributed by atoms with E-state index >= 15 is 0 Å². The average molecular weight is 760 g/mol. The summed E-state index contributed by atoms with van der Waals surface area (Å²) in [7, 11) is 0. The molecule has 53 heavy (non-hydrogen) atoms. The van der Waals surface area contributed by atoms with Crippen molar-refractivity contribution < 1.29 is 52.8 Å². The number of rotatable bonds is 37. The zero-order chi connectivity index (χ0) is 39.4. The van der Waals surface area contributed by atoms with Gasteiger partial charge >= 0.3 is 11.9 Å². The van der Waals surface area contributed by atoms with Gasteiger partial charge in [0, 0.05) is 25.9 Å². The number of carbonyl (C=O) groups excluding carboxylic acids is 4. The first kappa shape index (κ1) is 50.2. The fourth-order valence-electron chi connectivity index (χ4n) is 5.25. The zero-order valence-corrected chi connectivity index (χ0v) is 33.4. The van der Waals surface area contributed by atoms with Crippen LogP contribution >= 0.6 is 0 Å². The molecule has 0 aromatic rings. The van der Waals surface area contributed by atoms with Crippen LogP contribution in [-0.4, -0.2) is 112 Å². The van der Waals surface area contributed by atoms with Gasteiger partial charge in [-0.2, -0.15) is 0 Å². The zero-order valence-electron chi connectivity index (χ0n) is 33.4. The second-order valence-electron chi connectivity index (χ2n) is 14.3. The van der Waals surface area contributed by atoms with Crippen LogP contribution in [0.25, 0.3) is 0 Å². The molecule has 4 N–H and O–H groups in total. The van der Waals surface area contributed by atoms with Gasteiger partial charge in [-0.1, -0.05) is 96.8 Å². The minimum absolute atomic E-state index is 0.0327. The molecule has 310 valence electrons. The van der Waals surface area contributed by atoms with Crippen LogP contribution in [-0.2, 0) is 47.7 Å². The van der Waals surface area contributed by atoms with E-state index in [0.29, 0.717) is 6.42 Å². The van der Waals surface area contributed by atoms with E-state index in [-0.39, 0.29) is 96.5 Å². The predicted molar refractivity (Wildman–Crippen MR) is 203 cm³/mol. The van der Waals surface area contributed by atoms with Crippen molar-refractivity contribution >= 4 is 29.7 Å². The van der Waals surface area contributed by atoms with Crippen LogP contribution in [0.4, 0.5) is 0 Å². The summed E-state index contributed by atoms with van der Waals surface area (Å²) in [5.41, 5.74) is -0.723. The van der Waals surface area contributed by atoms with E-state index < -0.39 is 23.6 Å². The summed E-state index contributed by atoms with van der Waals surface area (Å²) in [5.74, 6) is -2.40. The van der Waals surface area contributed by atoms with Gasteiger partial charge < -0.3 is 44.7 Å². The lowest BCUT2D eigenvalue weighted by atomic mass is 10.0. The number of nitrogens with one attached hydrogen (secondary N) is 3. The Morgan fingerprint density at radius 1 is 0.547 bits per heavy atom. The molecule has 14 nitrogen and oxygen atoms in total. The van der Waals surface area contributed by atoms with Gasteiger partial charge in [0.15, 0.2) is 0 Å². The molecule has 0 aliphatic carbocycles. The number of hydrogen-bond acceptors (Lipinski definition) is 10. The molecule has 0 radical (unpaired) electrons. The van der Waals surface area contributed by atoms with Crippen LogP contribution in [0.5, 0.6) is 0 Å². The summed E-state index contributed by atoms with van der Waals surface area (Å²) in [6.07, 6.45) is 19.2. The number of hydrogen-bond donors (Lipinski definition) is 4. The van der Waals surface area contributed by atoms with Gasteiger partial charge in [0.1, 0.15) is 24.9 Å². The van der Waals surface area contributed by atoms with Crippen LogP contribution in [0.2, 0.25) is 0 Å². The van der Waals surface area contributed by atoms with Crippen LogP contribution < -0.4 is 16.0 Å². The number of esters is 1. The van der Waals surface area contributed by atoms with E-state index in [1.165, 1.54) is 77.0 Å². The third-order valence-electron chi connectivity index (χ3n) is 8.03. The van der Waals surface area contributed by atoms with Crippen molar-refractivity contribution in [3.05, 3.63) is 0 Å². The number of amides is 3. The van der Waals surface area contributed by atoms with Crippen molar-refractivity contribution in [2.75, 3.05) is 65.9 Å². The summed E-state index contributed by atoms with van der Waals surface area (Å²) in [6.45, 7) is 8.84. The lowest BCUT2D eigenvalue weighted by molar-refractivity contribution is -0.159. The summed E-state index contributed by atoms with van der Waals surface area (Å²) in [4.78, 5) is 60.0. The Morgan fingerprint density at radius 3 is 1.49 bits per heavy atom. The van der Waals surface area contributed by atoms with Crippen LogP contribution in [0, 0.1) is 0 Å². The molecule has 1 atom stereocenters. The van der Waals surface area contributed by atoms with Crippen molar-refractivity contribution in [2.45, 2.75) is 155 Å². The summed E-state index contributed by atoms with van der Waals surface area (Å²) in [5, 5.41) is 16.6. The van der Waals surface area contributed by atoms with E-state index in [0.717, 1.165) is 19.3 Å². The molecule has 14 heteroatoms. The first-order valence-electron chi connectivity index (χ1n) is 20.0. The van der Waals surface area contributed by atoms with E-state index in [9.17, 15) is 24.0 Å². The lowest BCUT2D eigenvalue weighted by Crippen LogP contribution is -2.44.